The molecule has 0 aromatic heterocycles. The van der Waals surface area contributed by atoms with Crippen molar-refractivity contribution >= 4 is 35.6 Å². The number of anilines is 2. The maximum absolute atomic E-state index is 12.2. The molecule has 0 radical (unpaired) electrons. The highest BCUT2D eigenvalue weighted by Gasteiger charge is 2.20. The van der Waals surface area contributed by atoms with Gasteiger partial charge in [0.05, 0.1) is 6.04 Å². The van der Waals surface area contributed by atoms with Gasteiger partial charge in [0.2, 0.25) is 11.8 Å². The van der Waals surface area contributed by atoms with Crippen LogP contribution in [0.25, 0.3) is 0 Å². The molecule has 1 aliphatic heterocycles. The summed E-state index contributed by atoms with van der Waals surface area (Å²) in [6.45, 7) is 4.29. The van der Waals surface area contributed by atoms with E-state index in [9.17, 15) is 9.59 Å². The van der Waals surface area contributed by atoms with Crippen molar-refractivity contribution < 1.29 is 9.59 Å². The minimum atomic E-state index is -0.125. The summed E-state index contributed by atoms with van der Waals surface area (Å²) >= 11 is 0. The number of hydrogen-bond donors (Lipinski definition) is 3. The third kappa shape index (κ3) is 5.02. The molecule has 0 saturated carbocycles. The van der Waals surface area contributed by atoms with E-state index in [1.165, 1.54) is 6.92 Å². The third-order valence-corrected chi connectivity index (χ3v) is 3.44. The first kappa shape index (κ1) is 17.5. The largest absolute Gasteiger partial charge is 0.326 e. The fourth-order valence-corrected chi connectivity index (χ4v) is 2.33. The lowest BCUT2D eigenvalue weighted by Gasteiger charge is -2.23. The molecule has 1 aromatic carbocycles. The molecule has 21 heavy (non-hydrogen) atoms. The number of carbonyl (C=O) groups is 2. The van der Waals surface area contributed by atoms with Gasteiger partial charge >= 0.3 is 0 Å². The SMILES string of the molecule is CC(=O)Nc1ccc(C)c(NC(=O)[C@H]2CCCCN2)c1.Cl. The summed E-state index contributed by atoms with van der Waals surface area (Å²) in [7, 11) is 0. The summed E-state index contributed by atoms with van der Waals surface area (Å²) in [5, 5.41) is 8.88. The Labute approximate surface area is 131 Å². The number of aryl methyl sites for hydroxylation is 1. The summed E-state index contributed by atoms with van der Waals surface area (Å²) < 4.78 is 0. The normalized spacial score (nSPS) is 17.5. The Kier molecular flexibility index (Phi) is 6.65. The Morgan fingerprint density at radius 2 is 2.00 bits per heavy atom. The van der Waals surface area contributed by atoms with Crippen molar-refractivity contribution in [2.75, 3.05) is 17.2 Å². The minimum absolute atomic E-state index is 0. The lowest BCUT2D eigenvalue weighted by atomic mass is 10.0. The van der Waals surface area contributed by atoms with Crippen LogP contribution in [0, 0.1) is 6.92 Å². The highest BCUT2D eigenvalue weighted by Crippen LogP contribution is 2.21. The van der Waals surface area contributed by atoms with Crippen molar-refractivity contribution in [3.05, 3.63) is 23.8 Å². The van der Waals surface area contributed by atoms with E-state index in [0.717, 1.165) is 37.1 Å². The number of nitrogens with one attached hydrogen (secondary N) is 3. The second kappa shape index (κ2) is 8.00. The van der Waals surface area contributed by atoms with Gasteiger partial charge in [-0.15, -0.1) is 12.4 Å². The fourth-order valence-electron chi connectivity index (χ4n) is 2.33. The molecule has 0 unspecified atom stereocenters. The van der Waals surface area contributed by atoms with Gasteiger partial charge in [-0.05, 0) is 44.0 Å². The van der Waals surface area contributed by atoms with Gasteiger partial charge in [0.25, 0.3) is 0 Å². The average molecular weight is 312 g/mol. The molecule has 1 heterocycles. The first-order valence-corrected chi connectivity index (χ1v) is 6.99. The lowest BCUT2D eigenvalue weighted by molar-refractivity contribution is -0.118. The van der Waals surface area contributed by atoms with Crippen LogP contribution in [-0.2, 0) is 9.59 Å². The second-order valence-corrected chi connectivity index (χ2v) is 5.20. The number of carbonyl (C=O) groups excluding carboxylic acids is 2. The number of amides is 2. The molecule has 1 fully saturated rings. The molecule has 1 aromatic rings. The van der Waals surface area contributed by atoms with Crippen LogP contribution in [0.3, 0.4) is 0 Å². The van der Waals surface area contributed by atoms with Crippen molar-refractivity contribution in [1.82, 2.24) is 5.32 Å². The van der Waals surface area contributed by atoms with Gasteiger partial charge in [-0.1, -0.05) is 12.5 Å². The van der Waals surface area contributed by atoms with Crippen molar-refractivity contribution in [3.8, 4) is 0 Å². The zero-order valence-electron chi connectivity index (χ0n) is 12.4. The van der Waals surface area contributed by atoms with E-state index < -0.39 is 0 Å². The van der Waals surface area contributed by atoms with E-state index in [1.807, 2.05) is 19.1 Å². The molecule has 1 aliphatic rings. The first-order valence-electron chi connectivity index (χ1n) is 6.99. The van der Waals surface area contributed by atoms with E-state index in [4.69, 9.17) is 0 Å². The highest BCUT2D eigenvalue weighted by atomic mass is 35.5. The number of hydrogen-bond acceptors (Lipinski definition) is 3. The van der Waals surface area contributed by atoms with Crippen molar-refractivity contribution in [2.24, 2.45) is 0 Å². The Morgan fingerprint density at radius 3 is 2.62 bits per heavy atom. The zero-order chi connectivity index (χ0) is 14.5. The predicted octanol–water partition coefficient (Wildman–Crippen LogP) is 2.46. The van der Waals surface area contributed by atoms with Gasteiger partial charge in [0.1, 0.15) is 0 Å². The molecule has 116 valence electrons. The van der Waals surface area contributed by atoms with E-state index in [2.05, 4.69) is 16.0 Å². The van der Waals surface area contributed by atoms with Crippen LogP contribution in [0.2, 0.25) is 0 Å². The molecule has 2 amide bonds. The number of rotatable bonds is 3. The maximum Gasteiger partial charge on any atom is 0.241 e. The van der Waals surface area contributed by atoms with Crippen molar-refractivity contribution in [2.45, 2.75) is 39.2 Å². The van der Waals surface area contributed by atoms with Crippen LogP contribution in [0.5, 0.6) is 0 Å². The average Bonchev–Trinajstić information content (AvgIpc) is 2.43. The molecular weight excluding hydrogens is 290 g/mol. The third-order valence-electron chi connectivity index (χ3n) is 3.44. The minimum Gasteiger partial charge on any atom is -0.326 e. The van der Waals surface area contributed by atoms with E-state index in [0.29, 0.717) is 5.69 Å². The summed E-state index contributed by atoms with van der Waals surface area (Å²) in [5.74, 6) is -0.132. The molecule has 0 bridgehead atoms. The van der Waals surface area contributed by atoms with E-state index >= 15 is 0 Å². The topological polar surface area (TPSA) is 70.2 Å². The van der Waals surface area contributed by atoms with Gasteiger partial charge < -0.3 is 16.0 Å². The molecule has 0 aliphatic carbocycles. The van der Waals surface area contributed by atoms with Crippen LogP contribution in [0.15, 0.2) is 18.2 Å². The molecule has 0 spiro atoms. The van der Waals surface area contributed by atoms with Crippen LogP contribution in [0.1, 0.15) is 31.7 Å². The predicted molar refractivity (Wildman–Crippen MR) is 87.0 cm³/mol. The standard InChI is InChI=1S/C15H21N3O2.ClH/c1-10-6-7-12(17-11(2)19)9-14(10)18-15(20)13-5-3-4-8-16-13;/h6-7,9,13,16H,3-5,8H2,1-2H3,(H,17,19)(H,18,20);1H/t13-;/m1./s1. The van der Waals surface area contributed by atoms with Gasteiger partial charge in [0.15, 0.2) is 0 Å². The van der Waals surface area contributed by atoms with Crippen molar-refractivity contribution in [3.63, 3.8) is 0 Å². The number of halogens is 1. The van der Waals surface area contributed by atoms with Crippen LogP contribution in [-0.4, -0.2) is 24.4 Å². The molecule has 1 atom stereocenters. The molecule has 1 saturated heterocycles. The maximum atomic E-state index is 12.2. The van der Waals surface area contributed by atoms with E-state index in [-0.39, 0.29) is 30.3 Å². The smallest absolute Gasteiger partial charge is 0.241 e. The number of piperidine rings is 1. The fraction of sp³-hybridized carbons (Fsp3) is 0.467. The summed E-state index contributed by atoms with van der Waals surface area (Å²) in [5.41, 5.74) is 2.41. The first-order chi connectivity index (χ1) is 9.56. The Hall–Kier alpha value is -1.59. The Balaban J connectivity index is 0.00000220. The van der Waals surface area contributed by atoms with Gasteiger partial charge in [-0.3, -0.25) is 9.59 Å². The van der Waals surface area contributed by atoms with Crippen molar-refractivity contribution in [1.29, 1.82) is 0 Å². The van der Waals surface area contributed by atoms with E-state index in [1.54, 1.807) is 6.07 Å². The summed E-state index contributed by atoms with van der Waals surface area (Å²) in [6.07, 6.45) is 3.08. The summed E-state index contributed by atoms with van der Waals surface area (Å²) in [6, 6.07) is 5.38. The van der Waals surface area contributed by atoms with Crippen LogP contribution < -0.4 is 16.0 Å². The second-order valence-electron chi connectivity index (χ2n) is 5.20. The van der Waals surface area contributed by atoms with Crippen LogP contribution in [0.4, 0.5) is 11.4 Å². The van der Waals surface area contributed by atoms with Gasteiger partial charge in [-0.25, -0.2) is 0 Å². The van der Waals surface area contributed by atoms with Crippen LogP contribution >= 0.6 is 12.4 Å². The molecule has 2 rings (SSSR count). The molecular formula is C15H22ClN3O2. The lowest BCUT2D eigenvalue weighted by Crippen LogP contribution is -2.43. The Bertz CT molecular complexity index is 514. The highest BCUT2D eigenvalue weighted by molar-refractivity contribution is 5.97. The van der Waals surface area contributed by atoms with Gasteiger partial charge in [0, 0.05) is 18.3 Å². The molecule has 3 N–H and O–H groups in total. The quantitative estimate of drug-likeness (QED) is 0.803. The molecule has 5 nitrogen and oxygen atoms in total. The monoisotopic (exact) mass is 311 g/mol. The van der Waals surface area contributed by atoms with Gasteiger partial charge in [-0.2, -0.15) is 0 Å². The zero-order valence-corrected chi connectivity index (χ0v) is 13.2. The number of benzene rings is 1. The Morgan fingerprint density at radius 1 is 1.24 bits per heavy atom. The molecule has 6 heteroatoms. The summed E-state index contributed by atoms with van der Waals surface area (Å²) in [4.78, 5) is 23.3.